The van der Waals surface area contributed by atoms with Crippen molar-refractivity contribution in [3.8, 4) is 11.3 Å². The van der Waals surface area contributed by atoms with Crippen molar-refractivity contribution in [2.75, 3.05) is 0 Å². The van der Waals surface area contributed by atoms with Crippen LogP contribution in [0.1, 0.15) is 11.5 Å². The predicted molar refractivity (Wildman–Crippen MR) is 86.8 cm³/mol. The Kier molecular flexibility index (Phi) is 4.41. The molecule has 0 fully saturated rings. The van der Waals surface area contributed by atoms with Crippen LogP contribution in [-0.4, -0.2) is 10.8 Å². The molecule has 0 unspecified atom stereocenters. The van der Waals surface area contributed by atoms with E-state index in [1.165, 1.54) is 0 Å². The van der Waals surface area contributed by atoms with Crippen molar-refractivity contribution >= 4 is 28.8 Å². The molecule has 1 aromatic carbocycles. The number of thiophene rings is 1. The summed E-state index contributed by atoms with van der Waals surface area (Å²) in [5, 5.41) is 8.33. The second-order valence-electron chi connectivity index (χ2n) is 4.39. The number of oxime groups is 1. The lowest BCUT2D eigenvalue weighted by Crippen LogP contribution is -2.12. The number of benzene rings is 1. The van der Waals surface area contributed by atoms with Gasteiger partial charge in [-0.05, 0) is 35.7 Å². The van der Waals surface area contributed by atoms with Gasteiger partial charge in [0, 0.05) is 21.5 Å². The van der Waals surface area contributed by atoms with Crippen molar-refractivity contribution in [2.24, 2.45) is 10.9 Å². The second-order valence-corrected chi connectivity index (χ2v) is 5.60. The van der Waals surface area contributed by atoms with Crippen LogP contribution in [0.25, 0.3) is 11.3 Å². The zero-order chi connectivity index (χ0) is 15.4. The van der Waals surface area contributed by atoms with E-state index in [0.717, 1.165) is 11.1 Å². The van der Waals surface area contributed by atoms with Gasteiger partial charge in [-0.25, -0.2) is 4.98 Å². The van der Waals surface area contributed by atoms with E-state index in [4.69, 9.17) is 26.6 Å². The first-order valence-corrected chi connectivity index (χ1v) is 7.73. The molecular formula is C15H12ClN3O2S. The van der Waals surface area contributed by atoms with Crippen LogP contribution in [0.3, 0.4) is 0 Å². The summed E-state index contributed by atoms with van der Waals surface area (Å²) in [4.78, 5) is 9.31. The maximum absolute atomic E-state index is 5.85. The Morgan fingerprint density at radius 1 is 1.32 bits per heavy atom. The van der Waals surface area contributed by atoms with E-state index in [0.29, 0.717) is 22.5 Å². The van der Waals surface area contributed by atoms with Crippen LogP contribution in [0.4, 0.5) is 0 Å². The highest BCUT2D eigenvalue weighted by molar-refractivity contribution is 7.08. The molecule has 3 rings (SSSR count). The first kappa shape index (κ1) is 14.6. The molecule has 0 radical (unpaired) electrons. The molecule has 0 saturated carbocycles. The van der Waals surface area contributed by atoms with Crippen molar-refractivity contribution in [1.82, 2.24) is 4.98 Å². The molecule has 0 aliphatic rings. The lowest BCUT2D eigenvalue weighted by molar-refractivity contribution is 0.111. The maximum Gasteiger partial charge on any atom is 0.235 e. The van der Waals surface area contributed by atoms with Crippen LogP contribution in [0.5, 0.6) is 0 Å². The fourth-order valence-corrected chi connectivity index (χ4v) is 2.52. The molecule has 0 spiro atoms. The number of hydrogen-bond donors (Lipinski definition) is 1. The fraction of sp³-hybridized carbons (Fsp3) is 0.0667. The molecule has 22 heavy (non-hydrogen) atoms. The molecule has 2 N–H and O–H groups in total. The Morgan fingerprint density at radius 3 is 2.86 bits per heavy atom. The number of oxazole rings is 1. The van der Waals surface area contributed by atoms with Crippen molar-refractivity contribution < 1.29 is 9.25 Å². The van der Waals surface area contributed by atoms with Gasteiger partial charge in [0.15, 0.2) is 18.2 Å². The van der Waals surface area contributed by atoms with E-state index in [1.54, 1.807) is 29.7 Å². The van der Waals surface area contributed by atoms with Gasteiger partial charge in [-0.2, -0.15) is 11.3 Å². The van der Waals surface area contributed by atoms with E-state index in [-0.39, 0.29) is 6.61 Å². The largest absolute Gasteiger partial charge is 0.437 e. The highest BCUT2D eigenvalue weighted by Gasteiger charge is 2.07. The quantitative estimate of drug-likeness (QED) is 0.436. The maximum atomic E-state index is 5.85. The Labute approximate surface area is 136 Å². The van der Waals surface area contributed by atoms with E-state index >= 15 is 0 Å². The molecular weight excluding hydrogens is 322 g/mol. The van der Waals surface area contributed by atoms with Gasteiger partial charge in [0.05, 0.1) is 6.20 Å². The molecule has 3 aromatic rings. The number of aromatic nitrogens is 1. The standard InChI is InChI=1S/C15H12ClN3O2S/c16-12-3-1-10(2-4-12)13-7-18-14(21-13)8-20-19-15(17)11-5-6-22-9-11/h1-7,9H,8H2,(H2,17,19). The molecule has 0 atom stereocenters. The third kappa shape index (κ3) is 3.47. The number of halogens is 1. The van der Waals surface area contributed by atoms with Crippen LogP contribution < -0.4 is 5.73 Å². The zero-order valence-corrected chi connectivity index (χ0v) is 13.0. The minimum atomic E-state index is 0.110. The van der Waals surface area contributed by atoms with Gasteiger partial charge in [0.2, 0.25) is 5.89 Å². The van der Waals surface area contributed by atoms with E-state index < -0.39 is 0 Å². The summed E-state index contributed by atoms with van der Waals surface area (Å²) in [6, 6.07) is 9.18. The smallest absolute Gasteiger partial charge is 0.235 e. The summed E-state index contributed by atoms with van der Waals surface area (Å²) in [6.45, 7) is 0.110. The van der Waals surface area contributed by atoms with Crippen LogP contribution >= 0.6 is 22.9 Å². The highest BCUT2D eigenvalue weighted by Crippen LogP contribution is 2.22. The Bertz CT molecular complexity index is 766. The number of nitrogens with zero attached hydrogens (tertiary/aromatic N) is 2. The van der Waals surface area contributed by atoms with Gasteiger partial charge < -0.3 is 15.0 Å². The SMILES string of the molecule is N/C(=N/OCc1ncc(-c2ccc(Cl)cc2)o1)c1ccsc1. The molecule has 5 nitrogen and oxygen atoms in total. The first-order valence-electron chi connectivity index (χ1n) is 6.41. The van der Waals surface area contributed by atoms with Crippen molar-refractivity contribution in [3.05, 3.63) is 63.8 Å². The van der Waals surface area contributed by atoms with Gasteiger partial charge in [-0.15, -0.1) is 0 Å². The second kappa shape index (κ2) is 6.64. The van der Waals surface area contributed by atoms with Gasteiger partial charge in [-0.3, -0.25) is 0 Å². The zero-order valence-electron chi connectivity index (χ0n) is 11.4. The third-order valence-electron chi connectivity index (χ3n) is 2.85. The minimum Gasteiger partial charge on any atom is -0.437 e. The highest BCUT2D eigenvalue weighted by atomic mass is 35.5. The molecule has 7 heteroatoms. The average molecular weight is 334 g/mol. The summed E-state index contributed by atoms with van der Waals surface area (Å²) in [5.74, 6) is 1.39. The monoisotopic (exact) mass is 333 g/mol. The average Bonchev–Trinajstić information content (AvgIpc) is 3.19. The van der Waals surface area contributed by atoms with E-state index in [1.807, 2.05) is 29.0 Å². The molecule has 0 saturated heterocycles. The first-order chi connectivity index (χ1) is 10.7. The molecule has 0 amide bonds. The van der Waals surface area contributed by atoms with Crippen LogP contribution in [-0.2, 0) is 11.4 Å². The van der Waals surface area contributed by atoms with Crippen molar-refractivity contribution in [2.45, 2.75) is 6.61 Å². The Hall–Kier alpha value is -2.31. The van der Waals surface area contributed by atoms with Crippen LogP contribution in [0.2, 0.25) is 5.02 Å². The van der Waals surface area contributed by atoms with Gasteiger partial charge >= 0.3 is 0 Å². The topological polar surface area (TPSA) is 73.6 Å². The molecule has 0 aliphatic carbocycles. The van der Waals surface area contributed by atoms with Gasteiger partial charge in [0.1, 0.15) is 0 Å². The van der Waals surface area contributed by atoms with Crippen LogP contribution in [0, 0.1) is 0 Å². The number of nitrogens with two attached hydrogens (primary N) is 1. The minimum absolute atomic E-state index is 0.110. The number of rotatable bonds is 5. The summed E-state index contributed by atoms with van der Waals surface area (Å²) in [7, 11) is 0. The van der Waals surface area contributed by atoms with E-state index in [2.05, 4.69) is 10.1 Å². The number of amidine groups is 1. The Balaban J connectivity index is 1.62. The van der Waals surface area contributed by atoms with Crippen molar-refractivity contribution in [1.29, 1.82) is 0 Å². The lowest BCUT2D eigenvalue weighted by Gasteiger charge is -1.98. The Morgan fingerprint density at radius 2 is 2.14 bits per heavy atom. The molecule has 112 valence electrons. The lowest BCUT2D eigenvalue weighted by atomic mass is 10.2. The molecule has 2 aromatic heterocycles. The normalized spacial score (nSPS) is 11.6. The summed E-state index contributed by atoms with van der Waals surface area (Å²) < 4.78 is 5.59. The summed E-state index contributed by atoms with van der Waals surface area (Å²) in [5.41, 5.74) is 7.51. The van der Waals surface area contributed by atoms with Gasteiger partial charge in [-0.1, -0.05) is 16.8 Å². The van der Waals surface area contributed by atoms with Crippen LogP contribution in [0.15, 0.2) is 56.9 Å². The van der Waals surface area contributed by atoms with Crippen molar-refractivity contribution in [3.63, 3.8) is 0 Å². The van der Waals surface area contributed by atoms with E-state index in [9.17, 15) is 0 Å². The molecule has 2 heterocycles. The molecule has 0 bridgehead atoms. The molecule has 0 aliphatic heterocycles. The fourth-order valence-electron chi connectivity index (χ4n) is 1.74. The summed E-state index contributed by atoms with van der Waals surface area (Å²) >= 11 is 7.40. The summed E-state index contributed by atoms with van der Waals surface area (Å²) in [6.07, 6.45) is 1.63. The third-order valence-corrected chi connectivity index (χ3v) is 3.79. The van der Waals surface area contributed by atoms with Gasteiger partial charge in [0.25, 0.3) is 0 Å². The predicted octanol–water partition coefficient (Wildman–Crippen LogP) is 3.89. The number of hydrogen-bond acceptors (Lipinski definition) is 5.